The molecule has 0 aliphatic heterocycles. The summed E-state index contributed by atoms with van der Waals surface area (Å²) in [5.74, 6) is -0.185. The third kappa shape index (κ3) is 3.49. The van der Waals surface area contributed by atoms with Crippen LogP contribution in [0.25, 0.3) is 10.4 Å². The van der Waals surface area contributed by atoms with Crippen LogP contribution in [0.15, 0.2) is 17.4 Å². The summed E-state index contributed by atoms with van der Waals surface area (Å²) in [6.45, 7) is 0.853. The Morgan fingerprint density at radius 2 is 2.50 bits per heavy atom. The number of carbonyl (C=O) groups is 1. The van der Waals surface area contributed by atoms with E-state index >= 15 is 0 Å². The molecule has 7 heteroatoms. The van der Waals surface area contributed by atoms with Crippen LogP contribution < -0.4 is 5.32 Å². The quantitative estimate of drug-likeness (QED) is 0.364. The fourth-order valence-corrected chi connectivity index (χ4v) is 1.49. The molecule has 0 bridgehead atoms. The SMILES string of the molecule is Cn1cc(Cl)cc1C(=O)NCCCN=[N+]=[N-]. The van der Waals surface area contributed by atoms with Gasteiger partial charge in [0.15, 0.2) is 0 Å². The summed E-state index contributed by atoms with van der Waals surface area (Å²) in [5.41, 5.74) is 8.55. The number of hydrogen-bond acceptors (Lipinski definition) is 2. The highest BCUT2D eigenvalue weighted by Gasteiger charge is 2.09. The summed E-state index contributed by atoms with van der Waals surface area (Å²) in [6.07, 6.45) is 2.28. The molecule has 0 saturated carbocycles. The third-order valence-electron chi connectivity index (χ3n) is 1.99. The molecule has 0 radical (unpaired) electrons. The molecule has 1 amide bonds. The molecule has 6 nitrogen and oxygen atoms in total. The molecule has 0 atom stereocenters. The first-order valence-corrected chi connectivity index (χ1v) is 5.14. The Balaban J connectivity index is 2.41. The second-order valence-corrected chi connectivity index (χ2v) is 3.65. The fraction of sp³-hybridized carbons (Fsp3) is 0.444. The summed E-state index contributed by atoms with van der Waals surface area (Å²) in [5, 5.41) is 6.61. The molecule has 1 aromatic rings. The molecule has 16 heavy (non-hydrogen) atoms. The van der Waals surface area contributed by atoms with E-state index in [4.69, 9.17) is 17.1 Å². The minimum atomic E-state index is -0.185. The number of aromatic nitrogens is 1. The fourth-order valence-electron chi connectivity index (χ4n) is 1.24. The van der Waals surface area contributed by atoms with Gasteiger partial charge in [0.05, 0.1) is 5.02 Å². The van der Waals surface area contributed by atoms with Crippen molar-refractivity contribution in [2.45, 2.75) is 6.42 Å². The van der Waals surface area contributed by atoms with Gasteiger partial charge in [-0.25, -0.2) is 0 Å². The highest BCUT2D eigenvalue weighted by atomic mass is 35.5. The zero-order valence-corrected chi connectivity index (χ0v) is 9.61. The molecule has 1 N–H and O–H groups in total. The van der Waals surface area contributed by atoms with Gasteiger partial charge in [0, 0.05) is 31.2 Å². The number of nitrogens with one attached hydrogen (secondary N) is 1. The van der Waals surface area contributed by atoms with Gasteiger partial charge >= 0.3 is 0 Å². The van der Waals surface area contributed by atoms with Crippen molar-refractivity contribution in [1.29, 1.82) is 0 Å². The number of amides is 1. The van der Waals surface area contributed by atoms with E-state index in [2.05, 4.69) is 15.3 Å². The highest BCUT2D eigenvalue weighted by Crippen LogP contribution is 2.12. The molecule has 0 aromatic carbocycles. The molecule has 0 aliphatic rings. The summed E-state index contributed by atoms with van der Waals surface area (Å²) < 4.78 is 1.66. The molecule has 0 unspecified atom stereocenters. The Morgan fingerprint density at radius 3 is 3.06 bits per heavy atom. The van der Waals surface area contributed by atoms with Crippen LogP contribution in [0.5, 0.6) is 0 Å². The predicted molar refractivity (Wildman–Crippen MR) is 61.4 cm³/mol. The van der Waals surface area contributed by atoms with Crippen LogP contribution >= 0.6 is 11.6 Å². The lowest BCUT2D eigenvalue weighted by Gasteiger charge is -2.04. The lowest BCUT2D eigenvalue weighted by molar-refractivity contribution is 0.0945. The van der Waals surface area contributed by atoms with E-state index in [1.54, 1.807) is 23.9 Å². The Labute approximate surface area is 97.8 Å². The van der Waals surface area contributed by atoms with Gasteiger partial charge in [-0.3, -0.25) is 4.79 Å². The Morgan fingerprint density at radius 1 is 1.75 bits per heavy atom. The minimum Gasteiger partial charge on any atom is -0.351 e. The third-order valence-corrected chi connectivity index (χ3v) is 2.19. The van der Waals surface area contributed by atoms with Gasteiger partial charge in [0.25, 0.3) is 5.91 Å². The van der Waals surface area contributed by atoms with Gasteiger partial charge in [-0.05, 0) is 18.0 Å². The average molecular weight is 242 g/mol. The molecule has 86 valence electrons. The summed E-state index contributed by atoms with van der Waals surface area (Å²) in [7, 11) is 1.75. The first-order valence-electron chi connectivity index (χ1n) is 4.76. The smallest absolute Gasteiger partial charge is 0.267 e. The van der Waals surface area contributed by atoms with Gasteiger partial charge in [-0.1, -0.05) is 16.7 Å². The maximum absolute atomic E-state index is 11.6. The van der Waals surface area contributed by atoms with Crippen LogP contribution in [0.2, 0.25) is 5.02 Å². The lowest BCUT2D eigenvalue weighted by atomic mass is 10.3. The van der Waals surface area contributed by atoms with Crippen LogP contribution in [0, 0.1) is 0 Å². The number of aryl methyl sites for hydroxylation is 1. The van der Waals surface area contributed by atoms with E-state index < -0.39 is 0 Å². The second-order valence-electron chi connectivity index (χ2n) is 3.22. The zero-order chi connectivity index (χ0) is 12.0. The van der Waals surface area contributed by atoms with Crippen molar-refractivity contribution in [3.8, 4) is 0 Å². The molecule has 1 rings (SSSR count). The molecule has 0 saturated heterocycles. The zero-order valence-electron chi connectivity index (χ0n) is 8.85. The maximum Gasteiger partial charge on any atom is 0.267 e. The Kier molecular flexibility index (Phi) is 4.69. The topological polar surface area (TPSA) is 82.8 Å². The number of rotatable bonds is 5. The van der Waals surface area contributed by atoms with Crippen LogP contribution in [0.3, 0.4) is 0 Å². The molecular formula is C9H12ClN5O. The van der Waals surface area contributed by atoms with Gasteiger partial charge in [-0.15, -0.1) is 0 Å². The summed E-state index contributed by atoms with van der Waals surface area (Å²) in [6, 6.07) is 1.60. The first-order chi connectivity index (χ1) is 7.65. The van der Waals surface area contributed by atoms with Crippen LogP contribution in [-0.2, 0) is 7.05 Å². The van der Waals surface area contributed by atoms with Gasteiger partial charge in [0.2, 0.25) is 0 Å². The normalized spacial score (nSPS) is 9.62. The van der Waals surface area contributed by atoms with E-state index in [1.807, 2.05) is 0 Å². The number of carbonyl (C=O) groups excluding carboxylic acids is 1. The minimum absolute atomic E-state index is 0.185. The Hall–Kier alpha value is -1.65. The van der Waals surface area contributed by atoms with Gasteiger partial charge < -0.3 is 9.88 Å². The standard InChI is InChI=1S/C9H12ClN5O/c1-15-6-7(10)5-8(15)9(16)12-3-2-4-13-14-11/h5-6H,2-4H2,1H3,(H,12,16). The number of hydrogen-bond donors (Lipinski definition) is 1. The van der Waals surface area contributed by atoms with Crippen LogP contribution in [0.4, 0.5) is 0 Å². The van der Waals surface area contributed by atoms with Crippen LogP contribution in [0.1, 0.15) is 16.9 Å². The Bertz CT molecular complexity index is 422. The van der Waals surface area contributed by atoms with E-state index in [-0.39, 0.29) is 5.91 Å². The van der Waals surface area contributed by atoms with E-state index in [9.17, 15) is 4.79 Å². The van der Waals surface area contributed by atoms with Crippen molar-refractivity contribution >= 4 is 17.5 Å². The number of nitrogens with zero attached hydrogens (tertiary/aromatic N) is 4. The van der Waals surface area contributed by atoms with E-state index in [0.717, 1.165) is 0 Å². The van der Waals surface area contributed by atoms with Crippen molar-refractivity contribution in [1.82, 2.24) is 9.88 Å². The molecule has 0 spiro atoms. The lowest BCUT2D eigenvalue weighted by Crippen LogP contribution is -2.26. The van der Waals surface area contributed by atoms with Crippen molar-refractivity contribution in [2.75, 3.05) is 13.1 Å². The van der Waals surface area contributed by atoms with Gasteiger partial charge in [-0.2, -0.15) is 0 Å². The van der Waals surface area contributed by atoms with Crippen molar-refractivity contribution in [3.63, 3.8) is 0 Å². The molecule has 1 aromatic heterocycles. The molecule has 0 aliphatic carbocycles. The monoisotopic (exact) mass is 241 g/mol. The van der Waals surface area contributed by atoms with E-state index in [0.29, 0.717) is 30.2 Å². The highest BCUT2D eigenvalue weighted by molar-refractivity contribution is 6.31. The molecular weight excluding hydrogens is 230 g/mol. The average Bonchev–Trinajstić information content (AvgIpc) is 2.57. The maximum atomic E-state index is 11.6. The molecule has 0 fully saturated rings. The van der Waals surface area contributed by atoms with Crippen LogP contribution in [-0.4, -0.2) is 23.6 Å². The first kappa shape index (κ1) is 12.4. The number of halogens is 1. The molecule has 1 heterocycles. The van der Waals surface area contributed by atoms with Crippen molar-refractivity contribution < 1.29 is 4.79 Å². The summed E-state index contributed by atoms with van der Waals surface area (Å²) in [4.78, 5) is 14.2. The largest absolute Gasteiger partial charge is 0.351 e. The number of azide groups is 1. The van der Waals surface area contributed by atoms with Crippen molar-refractivity contribution in [2.24, 2.45) is 12.2 Å². The second kappa shape index (κ2) is 6.05. The van der Waals surface area contributed by atoms with E-state index in [1.165, 1.54) is 0 Å². The predicted octanol–water partition coefficient (Wildman–Crippen LogP) is 2.11. The van der Waals surface area contributed by atoms with Gasteiger partial charge in [0.1, 0.15) is 5.69 Å². The van der Waals surface area contributed by atoms with Crippen molar-refractivity contribution in [3.05, 3.63) is 33.4 Å². The summed E-state index contributed by atoms with van der Waals surface area (Å²) >= 11 is 5.76.